The van der Waals surface area contributed by atoms with Crippen LogP contribution in [0.15, 0.2) is 49.1 Å². The molecule has 4 aromatic rings. The molecule has 0 amide bonds. The lowest BCUT2D eigenvalue weighted by Crippen LogP contribution is -2.41. The topological polar surface area (TPSA) is 86.5 Å². The van der Waals surface area contributed by atoms with E-state index in [1.807, 2.05) is 35.1 Å². The maximum atomic E-state index is 5.72. The summed E-state index contributed by atoms with van der Waals surface area (Å²) in [5.74, 6) is 0.629. The van der Waals surface area contributed by atoms with Gasteiger partial charge in [-0.1, -0.05) is 6.07 Å². The highest BCUT2D eigenvalue weighted by molar-refractivity contribution is 5.86. The molecule has 3 heterocycles. The summed E-state index contributed by atoms with van der Waals surface area (Å²) in [6.07, 6.45) is 9.43. The van der Waals surface area contributed by atoms with Crippen molar-refractivity contribution in [2.75, 3.05) is 25.6 Å². The minimum absolute atomic E-state index is 0.292. The molecule has 8 heteroatoms. The number of nitrogens with one attached hydrogen (secondary N) is 1. The zero-order valence-corrected chi connectivity index (χ0v) is 16.2. The molecule has 5 rings (SSSR count). The normalized spacial score (nSPS) is 18.8. The second-order valence-corrected chi connectivity index (χ2v) is 7.20. The zero-order chi connectivity index (χ0) is 19.6. The lowest BCUT2D eigenvalue weighted by molar-refractivity contribution is -0.0261. The Morgan fingerprint density at radius 3 is 2.79 bits per heavy atom. The van der Waals surface area contributed by atoms with Gasteiger partial charge in [-0.15, -0.1) is 5.10 Å². The summed E-state index contributed by atoms with van der Waals surface area (Å²) in [5.41, 5.74) is 4.84. The predicted molar refractivity (Wildman–Crippen MR) is 110 cm³/mol. The third-order valence-electron chi connectivity index (χ3n) is 5.27. The fourth-order valence-corrected chi connectivity index (χ4v) is 3.64. The molecule has 0 radical (unpaired) electrons. The number of fused-ring (bicyclic) bond motifs is 2. The maximum absolute atomic E-state index is 5.72. The highest BCUT2D eigenvalue weighted by Gasteiger charge is 2.30. The van der Waals surface area contributed by atoms with E-state index in [9.17, 15) is 0 Å². The van der Waals surface area contributed by atoms with Crippen LogP contribution in [0.5, 0.6) is 0 Å². The SMILES string of the molecule is COCCOC1CC(Nc2ncc3c(-c4ccc5nccnc5c4)ccn3n2)C1. The highest BCUT2D eigenvalue weighted by Crippen LogP contribution is 2.28. The molecule has 0 aliphatic heterocycles. The van der Waals surface area contributed by atoms with Crippen molar-refractivity contribution in [3.8, 4) is 11.1 Å². The van der Waals surface area contributed by atoms with Gasteiger partial charge in [0.05, 0.1) is 42.1 Å². The van der Waals surface area contributed by atoms with Gasteiger partial charge in [0.25, 0.3) is 0 Å². The quantitative estimate of drug-likeness (QED) is 0.486. The van der Waals surface area contributed by atoms with Gasteiger partial charge in [0.2, 0.25) is 5.95 Å². The van der Waals surface area contributed by atoms with Crippen LogP contribution < -0.4 is 5.32 Å². The summed E-state index contributed by atoms with van der Waals surface area (Å²) in [6, 6.07) is 8.47. The molecule has 0 bridgehead atoms. The number of methoxy groups -OCH3 is 1. The Bertz CT molecular complexity index is 1140. The van der Waals surface area contributed by atoms with Gasteiger partial charge in [0.15, 0.2) is 0 Å². The van der Waals surface area contributed by atoms with E-state index in [4.69, 9.17) is 9.47 Å². The number of benzene rings is 1. The fraction of sp³-hybridized carbons (Fsp3) is 0.333. The molecule has 1 fully saturated rings. The smallest absolute Gasteiger partial charge is 0.241 e. The van der Waals surface area contributed by atoms with Crippen LogP contribution in [0, 0.1) is 0 Å². The van der Waals surface area contributed by atoms with Crippen LogP contribution in [0.1, 0.15) is 12.8 Å². The molecule has 1 saturated carbocycles. The van der Waals surface area contributed by atoms with Crippen molar-refractivity contribution in [3.63, 3.8) is 0 Å². The van der Waals surface area contributed by atoms with Crippen LogP contribution in [0.3, 0.4) is 0 Å². The van der Waals surface area contributed by atoms with Crippen LogP contribution >= 0.6 is 0 Å². The molecule has 0 atom stereocenters. The minimum atomic E-state index is 0.292. The number of nitrogens with zero attached hydrogens (tertiary/aromatic N) is 5. The van der Waals surface area contributed by atoms with Gasteiger partial charge in [-0.3, -0.25) is 9.97 Å². The standard InChI is InChI=1S/C21H22N6O2/c1-28-8-9-29-16-11-15(12-16)25-21-24-13-20-17(4-7-27(20)26-21)14-2-3-18-19(10-14)23-6-5-22-18/h2-7,10,13,15-16H,8-9,11-12H2,1H3,(H,25,26). The van der Waals surface area contributed by atoms with Crippen molar-refractivity contribution in [1.29, 1.82) is 0 Å². The van der Waals surface area contributed by atoms with E-state index in [1.54, 1.807) is 19.5 Å². The molecule has 29 heavy (non-hydrogen) atoms. The largest absolute Gasteiger partial charge is 0.382 e. The lowest BCUT2D eigenvalue weighted by atomic mass is 9.89. The first-order valence-electron chi connectivity index (χ1n) is 9.73. The van der Waals surface area contributed by atoms with Crippen LogP contribution in [0.2, 0.25) is 0 Å². The van der Waals surface area contributed by atoms with Gasteiger partial charge in [0.1, 0.15) is 0 Å². The highest BCUT2D eigenvalue weighted by atomic mass is 16.5. The summed E-state index contributed by atoms with van der Waals surface area (Å²) < 4.78 is 12.6. The molecule has 3 aromatic heterocycles. The Morgan fingerprint density at radius 2 is 1.93 bits per heavy atom. The first-order chi connectivity index (χ1) is 14.3. The molecule has 1 aliphatic rings. The van der Waals surface area contributed by atoms with Crippen LogP contribution in [-0.2, 0) is 9.47 Å². The summed E-state index contributed by atoms with van der Waals surface area (Å²) in [7, 11) is 1.68. The Morgan fingerprint density at radius 1 is 1.07 bits per heavy atom. The molecule has 0 saturated heterocycles. The van der Waals surface area contributed by atoms with Gasteiger partial charge in [-0.25, -0.2) is 9.50 Å². The van der Waals surface area contributed by atoms with Crippen LogP contribution in [-0.4, -0.2) is 57.0 Å². The van der Waals surface area contributed by atoms with E-state index in [-0.39, 0.29) is 0 Å². The van der Waals surface area contributed by atoms with E-state index >= 15 is 0 Å². The lowest BCUT2D eigenvalue weighted by Gasteiger charge is -2.35. The predicted octanol–water partition coefficient (Wildman–Crippen LogP) is 2.95. The molecule has 8 nitrogen and oxygen atoms in total. The van der Waals surface area contributed by atoms with E-state index in [1.165, 1.54) is 0 Å². The molecule has 1 N–H and O–H groups in total. The Balaban J connectivity index is 1.30. The van der Waals surface area contributed by atoms with Crippen molar-refractivity contribution >= 4 is 22.5 Å². The summed E-state index contributed by atoms with van der Waals surface area (Å²) in [6.45, 7) is 1.27. The summed E-state index contributed by atoms with van der Waals surface area (Å²) in [5, 5.41) is 8.00. The van der Waals surface area contributed by atoms with E-state index in [0.717, 1.165) is 40.5 Å². The molecular formula is C21H22N6O2. The number of ether oxygens (including phenoxy) is 2. The second kappa shape index (κ2) is 7.73. The van der Waals surface area contributed by atoms with E-state index in [0.29, 0.717) is 31.3 Å². The van der Waals surface area contributed by atoms with Crippen molar-refractivity contribution < 1.29 is 9.47 Å². The minimum Gasteiger partial charge on any atom is -0.382 e. The number of rotatable bonds is 7. The first kappa shape index (κ1) is 18.0. The Hall–Kier alpha value is -3.10. The van der Waals surface area contributed by atoms with Gasteiger partial charge in [-0.2, -0.15) is 0 Å². The first-order valence-corrected chi connectivity index (χ1v) is 9.73. The monoisotopic (exact) mass is 390 g/mol. The summed E-state index contributed by atoms with van der Waals surface area (Å²) >= 11 is 0. The van der Waals surface area contributed by atoms with Gasteiger partial charge in [0, 0.05) is 37.3 Å². The van der Waals surface area contributed by atoms with Crippen LogP contribution in [0.4, 0.5) is 5.95 Å². The Kier molecular flexibility index (Phi) is 4.79. The van der Waals surface area contributed by atoms with Gasteiger partial charge in [-0.05, 0) is 36.6 Å². The number of hydrogen-bond acceptors (Lipinski definition) is 7. The number of hydrogen-bond donors (Lipinski definition) is 1. The molecular weight excluding hydrogens is 368 g/mol. The third-order valence-corrected chi connectivity index (χ3v) is 5.27. The summed E-state index contributed by atoms with van der Waals surface area (Å²) in [4.78, 5) is 13.2. The Labute approximate surface area is 167 Å². The van der Waals surface area contributed by atoms with Crippen molar-refractivity contribution in [1.82, 2.24) is 24.6 Å². The molecule has 1 aromatic carbocycles. The van der Waals surface area contributed by atoms with E-state index in [2.05, 4.69) is 31.4 Å². The molecule has 0 spiro atoms. The maximum Gasteiger partial charge on any atom is 0.241 e. The van der Waals surface area contributed by atoms with Gasteiger partial charge < -0.3 is 14.8 Å². The molecule has 0 unspecified atom stereocenters. The number of aromatic nitrogens is 5. The second-order valence-electron chi connectivity index (χ2n) is 7.20. The number of anilines is 1. The molecule has 148 valence electrons. The van der Waals surface area contributed by atoms with E-state index < -0.39 is 0 Å². The average molecular weight is 390 g/mol. The van der Waals surface area contributed by atoms with Crippen molar-refractivity contribution in [3.05, 3.63) is 49.1 Å². The van der Waals surface area contributed by atoms with Crippen LogP contribution in [0.25, 0.3) is 27.7 Å². The van der Waals surface area contributed by atoms with Crippen molar-refractivity contribution in [2.24, 2.45) is 0 Å². The fourth-order valence-electron chi connectivity index (χ4n) is 3.64. The van der Waals surface area contributed by atoms with Gasteiger partial charge >= 0.3 is 0 Å². The third kappa shape index (κ3) is 3.64. The molecule has 1 aliphatic carbocycles. The van der Waals surface area contributed by atoms with Crippen molar-refractivity contribution in [2.45, 2.75) is 25.0 Å². The zero-order valence-electron chi connectivity index (χ0n) is 16.2. The average Bonchev–Trinajstić information content (AvgIpc) is 3.15.